The van der Waals surface area contributed by atoms with Crippen molar-refractivity contribution in [1.82, 2.24) is 0 Å². The minimum absolute atomic E-state index is 0.0526. The fraction of sp³-hybridized carbons (Fsp3) is 0. The van der Waals surface area contributed by atoms with Crippen LogP contribution in [0.2, 0.25) is 0 Å². The zero-order valence-corrected chi connectivity index (χ0v) is 18.2. The molecule has 0 heterocycles. The maximum Gasteiger partial charge on any atom is 0.215 e. The molecule has 34 heavy (non-hydrogen) atoms. The monoisotopic (exact) mass is 450 g/mol. The standard InChI is InChI=1S/2C14H11NO2/c2*16-14(12-9-5-2-6-10-12)13(15-17)11-7-3-1-4-8-11/h2*1-10,17H/b2*15-13-. The van der Waals surface area contributed by atoms with Crippen molar-refractivity contribution in [2.24, 2.45) is 10.3 Å². The van der Waals surface area contributed by atoms with E-state index in [1.165, 1.54) is 0 Å². The summed E-state index contributed by atoms with van der Waals surface area (Å²) in [6.45, 7) is 0. The van der Waals surface area contributed by atoms with Gasteiger partial charge >= 0.3 is 0 Å². The van der Waals surface area contributed by atoms with Gasteiger partial charge in [-0.3, -0.25) is 9.59 Å². The summed E-state index contributed by atoms with van der Waals surface area (Å²) in [6, 6.07) is 35.3. The van der Waals surface area contributed by atoms with Gasteiger partial charge in [0.2, 0.25) is 11.6 Å². The first-order chi connectivity index (χ1) is 16.7. The lowest BCUT2D eigenvalue weighted by molar-refractivity contribution is 0.105. The van der Waals surface area contributed by atoms with E-state index < -0.39 is 0 Å². The predicted octanol–water partition coefficient (Wildman–Crippen LogP) is 5.50. The third-order valence-corrected chi connectivity index (χ3v) is 4.80. The summed E-state index contributed by atoms with van der Waals surface area (Å²) >= 11 is 0. The highest BCUT2D eigenvalue weighted by Crippen LogP contribution is 2.09. The van der Waals surface area contributed by atoms with Gasteiger partial charge in [0, 0.05) is 22.3 Å². The molecular formula is C28H22N2O4. The summed E-state index contributed by atoms with van der Waals surface area (Å²) in [5, 5.41) is 24.2. The van der Waals surface area contributed by atoms with Crippen molar-refractivity contribution in [3.63, 3.8) is 0 Å². The Kier molecular flexibility index (Phi) is 8.59. The van der Waals surface area contributed by atoms with Crippen LogP contribution >= 0.6 is 0 Å². The molecule has 4 aromatic carbocycles. The molecule has 168 valence electrons. The van der Waals surface area contributed by atoms with Gasteiger partial charge < -0.3 is 10.4 Å². The second kappa shape index (κ2) is 12.3. The van der Waals surface area contributed by atoms with Crippen LogP contribution in [0.3, 0.4) is 0 Å². The van der Waals surface area contributed by atoms with Crippen LogP contribution in [0.5, 0.6) is 0 Å². The smallest absolute Gasteiger partial charge is 0.215 e. The maximum atomic E-state index is 12.1. The molecule has 0 saturated heterocycles. The van der Waals surface area contributed by atoms with E-state index in [0.29, 0.717) is 22.3 Å². The quantitative estimate of drug-likeness (QED) is 0.175. The fourth-order valence-electron chi connectivity index (χ4n) is 3.11. The molecule has 2 N–H and O–H groups in total. The molecule has 0 aliphatic carbocycles. The Morgan fingerprint density at radius 3 is 0.882 bits per heavy atom. The lowest BCUT2D eigenvalue weighted by Crippen LogP contribution is -2.15. The summed E-state index contributed by atoms with van der Waals surface area (Å²) in [4.78, 5) is 24.2. The Hall–Kier alpha value is -4.84. The van der Waals surface area contributed by atoms with Gasteiger partial charge in [-0.1, -0.05) is 132 Å². The normalized spacial score (nSPS) is 11.2. The molecule has 0 aliphatic rings. The van der Waals surface area contributed by atoms with E-state index in [1.807, 2.05) is 24.3 Å². The summed E-state index contributed by atoms with van der Waals surface area (Å²) in [7, 11) is 0. The van der Waals surface area contributed by atoms with Gasteiger partial charge in [0.1, 0.15) is 0 Å². The van der Waals surface area contributed by atoms with Gasteiger partial charge in [0.25, 0.3) is 0 Å². The van der Waals surface area contributed by atoms with E-state index >= 15 is 0 Å². The lowest BCUT2D eigenvalue weighted by Gasteiger charge is -2.03. The first kappa shape index (κ1) is 23.8. The Labute approximate surface area is 197 Å². The Balaban J connectivity index is 0.000000191. The van der Waals surface area contributed by atoms with Crippen LogP contribution in [-0.2, 0) is 0 Å². The van der Waals surface area contributed by atoms with Gasteiger partial charge in [-0.05, 0) is 0 Å². The average molecular weight is 450 g/mol. The van der Waals surface area contributed by atoms with Crippen LogP contribution < -0.4 is 0 Å². The molecule has 0 bridgehead atoms. The zero-order valence-electron chi connectivity index (χ0n) is 18.2. The van der Waals surface area contributed by atoms with E-state index in [0.717, 1.165) is 0 Å². The molecule has 0 unspecified atom stereocenters. The SMILES string of the molecule is O=C(/C(=N\O)c1ccccc1)c1ccccc1.O=C(/C(=N\O)c1ccccc1)c1ccccc1. The fourth-order valence-corrected chi connectivity index (χ4v) is 3.11. The van der Waals surface area contributed by atoms with Crippen LogP contribution in [0.15, 0.2) is 132 Å². The number of rotatable bonds is 6. The number of carbonyl (C=O) groups excluding carboxylic acids is 2. The topological polar surface area (TPSA) is 99.3 Å². The molecule has 0 radical (unpaired) electrons. The van der Waals surface area contributed by atoms with E-state index in [1.54, 1.807) is 97.1 Å². The summed E-state index contributed by atoms with van der Waals surface area (Å²) in [5.74, 6) is -0.585. The minimum atomic E-state index is -0.292. The minimum Gasteiger partial charge on any atom is -0.410 e. The Morgan fingerprint density at radius 2 is 0.647 bits per heavy atom. The highest BCUT2D eigenvalue weighted by molar-refractivity contribution is 6.51. The van der Waals surface area contributed by atoms with Crippen LogP contribution in [0.25, 0.3) is 0 Å². The number of carbonyl (C=O) groups is 2. The zero-order chi connectivity index (χ0) is 24.2. The summed E-state index contributed by atoms with van der Waals surface area (Å²) in [5.41, 5.74) is 2.31. The second-order valence-corrected chi connectivity index (χ2v) is 7.02. The molecule has 4 aromatic rings. The molecule has 4 rings (SSSR count). The summed E-state index contributed by atoms with van der Waals surface area (Å²) in [6.07, 6.45) is 0. The Morgan fingerprint density at radius 1 is 0.412 bits per heavy atom. The molecule has 0 aromatic heterocycles. The first-order valence-electron chi connectivity index (χ1n) is 10.4. The molecule has 0 saturated carbocycles. The van der Waals surface area contributed by atoms with Crippen molar-refractivity contribution in [3.8, 4) is 0 Å². The molecular weight excluding hydrogens is 428 g/mol. The van der Waals surface area contributed by atoms with Crippen molar-refractivity contribution in [3.05, 3.63) is 144 Å². The van der Waals surface area contributed by atoms with Crippen LogP contribution in [0.4, 0.5) is 0 Å². The Bertz CT molecular complexity index is 1170. The third-order valence-electron chi connectivity index (χ3n) is 4.80. The second-order valence-electron chi connectivity index (χ2n) is 7.02. The molecule has 0 fully saturated rings. The van der Waals surface area contributed by atoms with Crippen LogP contribution in [0, 0.1) is 0 Å². The van der Waals surface area contributed by atoms with Crippen molar-refractivity contribution in [2.45, 2.75) is 0 Å². The van der Waals surface area contributed by atoms with E-state index in [-0.39, 0.29) is 23.0 Å². The third kappa shape index (κ3) is 6.11. The molecule has 6 nitrogen and oxygen atoms in total. The molecule has 0 atom stereocenters. The van der Waals surface area contributed by atoms with E-state index in [4.69, 9.17) is 10.4 Å². The molecule has 0 spiro atoms. The van der Waals surface area contributed by atoms with Crippen molar-refractivity contribution in [2.75, 3.05) is 0 Å². The molecule has 0 aliphatic heterocycles. The number of oxime groups is 2. The van der Waals surface area contributed by atoms with Crippen molar-refractivity contribution >= 4 is 23.0 Å². The van der Waals surface area contributed by atoms with Gasteiger partial charge in [-0.25, -0.2) is 0 Å². The molecule has 6 heteroatoms. The van der Waals surface area contributed by atoms with Gasteiger partial charge in [-0.2, -0.15) is 0 Å². The number of nitrogens with zero attached hydrogens (tertiary/aromatic N) is 2. The number of hydrogen-bond acceptors (Lipinski definition) is 6. The van der Waals surface area contributed by atoms with E-state index in [9.17, 15) is 9.59 Å². The highest BCUT2D eigenvalue weighted by atomic mass is 16.4. The number of ketones is 2. The first-order valence-corrected chi connectivity index (χ1v) is 10.4. The number of Topliss-reactive ketones (excluding diaryl/α,β-unsaturated/α-hetero) is 2. The van der Waals surface area contributed by atoms with Crippen molar-refractivity contribution in [1.29, 1.82) is 0 Å². The van der Waals surface area contributed by atoms with Gasteiger partial charge in [0.15, 0.2) is 11.4 Å². The lowest BCUT2D eigenvalue weighted by atomic mass is 10.0. The summed E-state index contributed by atoms with van der Waals surface area (Å²) < 4.78 is 0. The predicted molar refractivity (Wildman–Crippen MR) is 131 cm³/mol. The average Bonchev–Trinajstić information content (AvgIpc) is 2.92. The number of hydrogen-bond donors (Lipinski definition) is 2. The van der Waals surface area contributed by atoms with Gasteiger partial charge in [0.05, 0.1) is 0 Å². The van der Waals surface area contributed by atoms with Crippen molar-refractivity contribution < 1.29 is 20.0 Å². The number of benzene rings is 4. The maximum absolute atomic E-state index is 12.1. The largest absolute Gasteiger partial charge is 0.410 e. The van der Waals surface area contributed by atoms with Crippen LogP contribution in [-0.4, -0.2) is 33.4 Å². The van der Waals surface area contributed by atoms with Gasteiger partial charge in [-0.15, -0.1) is 0 Å². The molecule has 0 amide bonds. The highest BCUT2D eigenvalue weighted by Gasteiger charge is 2.17. The van der Waals surface area contributed by atoms with E-state index in [2.05, 4.69) is 10.3 Å². The van der Waals surface area contributed by atoms with Crippen LogP contribution in [0.1, 0.15) is 31.8 Å².